The zero-order valence-electron chi connectivity index (χ0n) is 32.3. The Labute approximate surface area is 321 Å². The van der Waals surface area contributed by atoms with E-state index in [9.17, 15) is 9.90 Å². The number of para-hydroxylation sites is 2. The summed E-state index contributed by atoms with van der Waals surface area (Å²) in [6, 6.07) is 21.7. The highest BCUT2D eigenvalue weighted by Gasteiger charge is 2.42. The molecule has 1 atom stereocenters. The lowest BCUT2D eigenvalue weighted by Gasteiger charge is -2.36. The number of aliphatic hydroxyl groups is 1. The summed E-state index contributed by atoms with van der Waals surface area (Å²) < 4.78 is 35.9. The molecule has 292 valence electrons. The second-order valence-corrected chi connectivity index (χ2v) is 14.3. The molecule has 2 saturated heterocycles. The molecule has 4 heterocycles. The molecular weight excluding hydrogens is 702 g/mol. The molecule has 0 spiro atoms. The van der Waals surface area contributed by atoms with Gasteiger partial charge in [0.1, 0.15) is 18.1 Å². The normalized spacial score (nSPS) is 17.7. The van der Waals surface area contributed by atoms with Crippen molar-refractivity contribution >= 4 is 22.9 Å². The predicted molar refractivity (Wildman–Crippen MR) is 209 cm³/mol. The standard InChI is InChI=1S/C42H51N5O8/c1-50-35-13-10-29(24-36(35)51-2)42(17-21-46(27-42)40(49)28-22-37(52-3)39(54-5)38(23-28)53-4)16-20-45-18-14-30(15-19-45)43-41-44-33-8-6-7-9-34(33)47(41)25-31-11-12-32(26-48)55-31/h6-13,22-24,30,48H,14-21,25-27H2,1-5H3,(H,43,44). The van der Waals surface area contributed by atoms with Gasteiger partial charge in [-0.25, -0.2) is 4.98 Å². The summed E-state index contributed by atoms with van der Waals surface area (Å²) in [5, 5.41) is 13.3. The van der Waals surface area contributed by atoms with Gasteiger partial charge >= 0.3 is 0 Å². The molecule has 55 heavy (non-hydrogen) atoms. The second kappa shape index (κ2) is 16.5. The highest BCUT2D eigenvalue weighted by atomic mass is 16.5. The molecule has 0 saturated carbocycles. The molecule has 2 aliphatic heterocycles. The van der Waals surface area contributed by atoms with E-state index in [-0.39, 0.29) is 24.0 Å². The van der Waals surface area contributed by atoms with Crippen LogP contribution in [0.4, 0.5) is 5.95 Å². The van der Waals surface area contributed by atoms with Gasteiger partial charge in [0.25, 0.3) is 5.91 Å². The number of benzene rings is 3. The van der Waals surface area contributed by atoms with E-state index in [0.717, 1.165) is 73.6 Å². The van der Waals surface area contributed by atoms with Gasteiger partial charge in [-0.05, 0) is 86.3 Å². The smallest absolute Gasteiger partial charge is 0.254 e. The first kappa shape index (κ1) is 37.9. The summed E-state index contributed by atoms with van der Waals surface area (Å²) in [4.78, 5) is 23.5. The first-order chi connectivity index (χ1) is 26.8. The van der Waals surface area contributed by atoms with Crippen LogP contribution in [-0.4, -0.2) is 105 Å². The van der Waals surface area contributed by atoms with Gasteiger partial charge < -0.3 is 52.9 Å². The summed E-state index contributed by atoms with van der Waals surface area (Å²) in [5.74, 6) is 4.73. The number of likely N-dealkylation sites (tertiary alicyclic amines) is 2. The molecule has 1 unspecified atom stereocenters. The van der Waals surface area contributed by atoms with Crippen molar-refractivity contribution in [2.75, 3.05) is 73.6 Å². The van der Waals surface area contributed by atoms with E-state index in [1.165, 1.54) is 0 Å². The van der Waals surface area contributed by atoms with Gasteiger partial charge in [-0.3, -0.25) is 4.79 Å². The molecule has 13 heteroatoms. The predicted octanol–water partition coefficient (Wildman–Crippen LogP) is 5.96. The number of methoxy groups -OCH3 is 5. The average molecular weight is 754 g/mol. The number of nitrogens with zero attached hydrogens (tertiary/aromatic N) is 4. The van der Waals surface area contributed by atoms with Gasteiger partial charge in [-0.15, -0.1) is 0 Å². The van der Waals surface area contributed by atoms with Crippen LogP contribution in [0.3, 0.4) is 0 Å². The lowest BCUT2D eigenvalue weighted by atomic mass is 9.76. The number of ether oxygens (including phenoxy) is 5. The zero-order chi connectivity index (χ0) is 38.5. The van der Waals surface area contributed by atoms with Crippen LogP contribution in [0.15, 0.2) is 71.1 Å². The van der Waals surface area contributed by atoms with Crippen LogP contribution in [0.1, 0.15) is 53.1 Å². The third kappa shape index (κ3) is 7.76. The Balaban J connectivity index is 1.06. The van der Waals surface area contributed by atoms with Gasteiger partial charge in [0.15, 0.2) is 23.0 Å². The number of fused-ring (bicyclic) bond motifs is 1. The number of carbonyl (C=O) groups is 1. The van der Waals surface area contributed by atoms with Crippen LogP contribution < -0.4 is 29.0 Å². The molecule has 0 aliphatic carbocycles. The third-order valence-electron chi connectivity index (χ3n) is 11.2. The largest absolute Gasteiger partial charge is 0.493 e. The zero-order valence-corrected chi connectivity index (χ0v) is 32.3. The minimum absolute atomic E-state index is 0.0830. The molecule has 7 rings (SSSR count). The number of hydrogen-bond donors (Lipinski definition) is 2. The Hall–Kier alpha value is -5.40. The summed E-state index contributed by atoms with van der Waals surface area (Å²) in [5.41, 5.74) is 3.27. The number of amides is 1. The quantitative estimate of drug-likeness (QED) is 0.131. The van der Waals surface area contributed by atoms with Gasteiger partial charge in [0, 0.05) is 43.2 Å². The van der Waals surface area contributed by atoms with Crippen molar-refractivity contribution in [3.05, 3.63) is 89.4 Å². The first-order valence-electron chi connectivity index (χ1n) is 18.8. The highest BCUT2D eigenvalue weighted by Crippen LogP contribution is 2.43. The number of carbonyl (C=O) groups excluding carboxylic acids is 1. The molecule has 0 radical (unpaired) electrons. The number of piperidine rings is 1. The van der Waals surface area contributed by atoms with E-state index >= 15 is 0 Å². The van der Waals surface area contributed by atoms with E-state index in [4.69, 9.17) is 33.1 Å². The molecule has 1 amide bonds. The lowest BCUT2D eigenvalue weighted by molar-refractivity contribution is 0.0779. The molecule has 2 aromatic heterocycles. The first-order valence-corrected chi connectivity index (χ1v) is 18.8. The number of furan rings is 1. The minimum atomic E-state index is -0.294. The van der Waals surface area contributed by atoms with Crippen molar-refractivity contribution in [3.8, 4) is 28.7 Å². The minimum Gasteiger partial charge on any atom is -0.493 e. The van der Waals surface area contributed by atoms with Crippen LogP contribution in [0.2, 0.25) is 0 Å². The Morgan fingerprint density at radius 2 is 1.56 bits per heavy atom. The van der Waals surface area contributed by atoms with Crippen molar-refractivity contribution in [1.29, 1.82) is 0 Å². The maximum absolute atomic E-state index is 14.1. The summed E-state index contributed by atoms with van der Waals surface area (Å²) in [7, 11) is 7.95. The monoisotopic (exact) mass is 753 g/mol. The molecule has 5 aromatic rings. The average Bonchev–Trinajstić information content (AvgIpc) is 3.97. The van der Waals surface area contributed by atoms with E-state index in [2.05, 4.69) is 33.0 Å². The van der Waals surface area contributed by atoms with Crippen LogP contribution in [0.5, 0.6) is 28.7 Å². The number of hydrogen-bond acceptors (Lipinski definition) is 11. The molecule has 13 nitrogen and oxygen atoms in total. The van der Waals surface area contributed by atoms with E-state index in [1.807, 2.05) is 41.3 Å². The number of aliphatic hydroxyl groups excluding tert-OH is 1. The van der Waals surface area contributed by atoms with E-state index in [1.54, 1.807) is 47.7 Å². The number of rotatable bonds is 15. The number of imidazole rings is 1. The van der Waals surface area contributed by atoms with Crippen LogP contribution in [0.25, 0.3) is 11.0 Å². The van der Waals surface area contributed by atoms with Crippen LogP contribution >= 0.6 is 0 Å². The van der Waals surface area contributed by atoms with Crippen LogP contribution in [-0.2, 0) is 18.6 Å². The summed E-state index contributed by atoms with van der Waals surface area (Å²) in [6.45, 7) is 4.31. The fourth-order valence-electron chi connectivity index (χ4n) is 8.13. The van der Waals surface area contributed by atoms with Gasteiger partial charge in [0.2, 0.25) is 11.7 Å². The Bertz CT molecular complexity index is 2080. The molecule has 0 bridgehead atoms. The fourth-order valence-corrected chi connectivity index (χ4v) is 8.13. The van der Waals surface area contributed by atoms with Gasteiger partial charge in [-0.2, -0.15) is 0 Å². The van der Waals surface area contributed by atoms with Gasteiger partial charge in [0.05, 0.1) is 53.1 Å². The van der Waals surface area contributed by atoms with Crippen molar-refractivity contribution < 1.29 is 38.0 Å². The molecule has 2 aliphatic rings. The van der Waals surface area contributed by atoms with E-state index < -0.39 is 0 Å². The van der Waals surface area contributed by atoms with Crippen molar-refractivity contribution in [2.45, 2.75) is 50.3 Å². The van der Waals surface area contributed by atoms with Gasteiger partial charge in [-0.1, -0.05) is 18.2 Å². The molecule has 2 fully saturated rings. The van der Waals surface area contributed by atoms with Crippen molar-refractivity contribution in [2.24, 2.45) is 0 Å². The fraction of sp³-hybridized carbons (Fsp3) is 0.429. The molecular formula is C42H51N5O8. The molecule has 2 N–H and O–H groups in total. The maximum Gasteiger partial charge on any atom is 0.254 e. The number of nitrogens with one attached hydrogen (secondary N) is 1. The Morgan fingerprint density at radius 1 is 0.855 bits per heavy atom. The lowest BCUT2D eigenvalue weighted by Crippen LogP contribution is -2.42. The maximum atomic E-state index is 14.1. The highest BCUT2D eigenvalue weighted by molar-refractivity contribution is 5.96. The van der Waals surface area contributed by atoms with Crippen molar-refractivity contribution in [1.82, 2.24) is 19.4 Å². The number of anilines is 1. The summed E-state index contributed by atoms with van der Waals surface area (Å²) >= 11 is 0. The van der Waals surface area contributed by atoms with Crippen LogP contribution in [0, 0.1) is 0 Å². The number of aromatic nitrogens is 2. The van der Waals surface area contributed by atoms with E-state index in [0.29, 0.717) is 59.7 Å². The Kier molecular flexibility index (Phi) is 11.4. The topological polar surface area (TPSA) is 133 Å². The SMILES string of the molecule is COc1ccc(C2(CCN3CCC(Nc4nc5ccccc5n4Cc4ccc(CO)o4)CC3)CCN(C(=O)c3cc(OC)c(OC)c(OC)c3)C2)cc1OC. The second-order valence-electron chi connectivity index (χ2n) is 14.3. The van der Waals surface area contributed by atoms with Crippen molar-refractivity contribution in [3.63, 3.8) is 0 Å². The summed E-state index contributed by atoms with van der Waals surface area (Å²) in [6.07, 6.45) is 3.61. The molecule has 3 aromatic carbocycles. The Morgan fingerprint density at radius 3 is 2.24 bits per heavy atom. The third-order valence-corrected chi connectivity index (χ3v) is 11.2.